The summed E-state index contributed by atoms with van der Waals surface area (Å²) in [4.78, 5) is 27.2. The van der Waals surface area contributed by atoms with Gasteiger partial charge in [0.05, 0.1) is 12.0 Å². The fraction of sp³-hybridized carbons (Fsp3) is 0.455. The van der Waals surface area contributed by atoms with Gasteiger partial charge in [-0.3, -0.25) is 0 Å². The fourth-order valence-corrected chi connectivity index (χ4v) is 3.71. The van der Waals surface area contributed by atoms with Crippen LogP contribution in [0.15, 0.2) is 30.9 Å². The predicted octanol–water partition coefficient (Wildman–Crippen LogP) is 4.59. The van der Waals surface area contributed by atoms with Crippen molar-refractivity contribution in [2.75, 3.05) is 18.4 Å². The maximum Gasteiger partial charge on any atom is 0.410 e. The number of hydrogen-bond donors (Lipinski definition) is 1. The molecule has 1 fully saturated rings. The van der Waals surface area contributed by atoms with Crippen LogP contribution in [0.3, 0.4) is 0 Å². The molecule has 1 aromatic carbocycles. The van der Waals surface area contributed by atoms with Crippen molar-refractivity contribution in [3.05, 3.63) is 42.2 Å². The molecule has 164 valence electrons. The highest BCUT2D eigenvalue weighted by Crippen LogP contribution is 2.29. The predicted molar refractivity (Wildman–Crippen MR) is 116 cm³/mol. The number of imidazole rings is 1. The zero-order valence-electron chi connectivity index (χ0n) is 18.2. The molecule has 0 radical (unpaired) electrons. The molecule has 0 spiro atoms. The van der Waals surface area contributed by atoms with Crippen LogP contribution in [0.5, 0.6) is 0 Å². The number of benzene rings is 1. The average molecular weight is 426 g/mol. The second-order valence-corrected chi connectivity index (χ2v) is 8.85. The number of nitrogens with one attached hydrogen (secondary N) is 1. The van der Waals surface area contributed by atoms with Crippen molar-refractivity contribution < 1.29 is 13.9 Å². The van der Waals surface area contributed by atoms with Crippen LogP contribution in [0.2, 0.25) is 0 Å². The van der Waals surface area contributed by atoms with Gasteiger partial charge in [0, 0.05) is 19.1 Å². The first kappa shape index (κ1) is 21.0. The Balaban J connectivity index is 1.50. The molecule has 1 aliphatic heterocycles. The zero-order valence-corrected chi connectivity index (χ0v) is 18.2. The number of ether oxygens (including phenoxy) is 1. The molecule has 2 aromatic heterocycles. The van der Waals surface area contributed by atoms with Crippen molar-refractivity contribution >= 4 is 28.8 Å². The van der Waals surface area contributed by atoms with E-state index in [0.29, 0.717) is 35.8 Å². The molecular weight excluding hydrogens is 399 g/mol. The molecule has 3 heterocycles. The number of carbonyl (C=O) groups excluding carboxylic acids is 1. The quantitative estimate of drug-likeness (QED) is 0.659. The number of likely N-dealkylation sites (tertiary alicyclic amines) is 1. The van der Waals surface area contributed by atoms with Gasteiger partial charge >= 0.3 is 6.09 Å². The van der Waals surface area contributed by atoms with E-state index in [1.54, 1.807) is 17.3 Å². The third-order valence-electron chi connectivity index (χ3n) is 5.25. The highest BCUT2D eigenvalue weighted by atomic mass is 19.1. The molecule has 8 nitrogen and oxygen atoms in total. The largest absolute Gasteiger partial charge is 0.444 e. The number of piperidine rings is 1. The van der Waals surface area contributed by atoms with Crippen LogP contribution in [0.25, 0.3) is 11.2 Å². The van der Waals surface area contributed by atoms with Crippen LogP contribution in [0.1, 0.15) is 45.2 Å². The molecule has 0 bridgehead atoms. The molecular formula is C22H27FN6O2. The zero-order chi connectivity index (χ0) is 22.2. The summed E-state index contributed by atoms with van der Waals surface area (Å²) in [6.45, 7) is 8.63. The number of rotatable bonds is 3. The Bertz CT molecular complexity index is 1100. The van der Waals surface area contributed by atoms with Gasteiger partial charge in [-0.25, -0.2) is 24.1 Å². The van der Waals surface area contributed by atoms with E-state index in [2.05, 4.69) is 20.3 Å². The van der Waals surface area contributed by atoms with Gasteiger partial charge < -0.3 is 19.5 Å². The smallest absolute Gasteiger partial charge is 0.410 e. The average Bonchev–Trinajstić information content (AvgIpc) is 3.14. The van der Waals surface area contributed by atoms with E-state index in [1.807, 2.05) is 38.3 Å². The number of amides is 1. The number of fused-ring (bicyclic) bond motifs is 1. The molecule has 1 N–H and O–H groups in total. The summed E-state index contributed by atoms with van der Waals surface area (Å²) < 4.78 is 21.7. The summed E-state index contributed by atoms with van der Waals surface area (Å²) in [5, 5.41) is 3.03. The van der Waals surface area contributed by atoms with Gasteiger partial charge in [-0.05, 0) is 58.2 Å². The SMILES string of the molecule is Cc1ccc(Nc2ncnc3c2ncn3C2CCN(C(=O)OC(C)(C)C)CC2)c(F)c1. The number of nitrogens with zero attached hydrogens (tertiary/aromatic N) is 5. The minimum Gasteiger partial charge on any atom is -0.444 e. The second-order valence-electron chi connectivity index (χ2n) is 8.85. The van der Waals surface area contributed by atoms with E-state index < -0.39 is 5.60 Å². The first-order valence-corrected chi connectivity index (χ1v) is 10.4. The minimum atomic E-state index is -0.508. The molecule has 1 saturated heterocycles. The third-order valence-corrected chi connectivity index (χ3v) is 5.25. The van der Waals surface area contributed by atoms with E-state index >= 15 is 0 Å². The number of aromatic nitrogens is 4. The van der Waals surface area contributed by atoms with Crippen LogP contribution in [0.4, 0.5) is 20.7 Å². The Morgan fingerprint density at radius 1 is 1.19 bits per heavy atom. The third kappa shape index (κ3) is 4.60. The van der Waals surface area contributed by atoms with E-state index in [4.69, 9.17) is 4.74 Å². The molecule has 1 amide bonds. The Morgan fingerprint density at radius 3 is 2.61 bits per heavy atom. The van der Waals surface area contributed by atoms with Crippen molar-refractivity contribution in [1.29, 1.82) is 0 Å². The van der Waals surface area contributed by atoms with Gasteiger partial charge in [0.2, 0.25) is 0 Å². The molecule has 31 heavy (non-hydrogen) atoms. The summed E-state index contributed by atoms with van der Waals surface area (Å²) in [5.41, 5.74) is 1.94. The summed E-state index contributed by atoms with van der Waals surface area (Å²) in [5.74, 6) is 0.110. The standard InChI is InChI=1S/C22H27FN6O2/c1-14-5-6-17(16(23)11-14)27-19-18-20(25-12-24-19)29(13-26-18)15-7-9-28(10-8-15)21(30)31-22(2,3)4/h5-6,11-13,15H,7-10H2,1-4H3,(H,24,25,27). The molecule has 0 saturated carbocycles. The van der Waals surface area contributed by atoms with Gasteiger partial charge in [0.15, 0.2) is 17.0 Å². The molecule has 0 unspecified atom stereocenters. The number of anilines is 2. The number of halogens is 1. The summed E-state index contributed by atoms with van der Waals surface area (Å²) in [6.07, 6.45) is 4.44. The number of aryl methyl sites for hydroxylation is 1. The van der Waals surface area contributed by atoms with E-state index in [-0.39, 0.29) is 18.0 Å². The first-order valence-electron chi connectivity index (χ1n) is 10.4. The monoisotopic (exact) mass is 426 g/mol. The van der Waals surface area contributed by atoms with Gasteiger partial charge in [0.25, 0.3) is 0 Å². The summed E-state index contributed by atoms with van der Waals surface area (Å²) in [6, 6.07) is 5.14. The molecule has 4 rings (SSSR count). The summed E-state index contributed by atoms with van der Waals surface area (Å²) >= 11 is 0. The van der Waals surface area contributed by atoms with Crippen molar-refractivity contribution in [3.63, 3.8) is 0 Å². The lowest BCUT2D eigenvalue weighted by Crippen LogP contribution is -2.42. The van der Waals surface area contributed by atoms with E-state index in [1.165, 1.54) is 12.4 Å². The maximum atomic E-state index is 14.3. The van der Waals surface area contributed by atoms with Crippen molar-refractivity contribution in [1.82, 2.24) is 24.4 Å². The first-order chi connectivity index (χ1) is 14.7. The van der Waals surface area contributed by atoms with E-state index in [9.17, 15) is 9.18 Å². The lowest BCUT2D eigenvalue weighted by atomic mass is 10.1. The summed E-state index contributed by atoms with van der Waals surface area (Å²) in [7, 11) is 0. The maximum absolute atomic E-state index is 14.3. The van der Waals surface area contributed by atoms with Crippen LogP contribution in [0, 0.1) is 12.7 Å². The Kier molecular flexibility index (Phi) is 5.51. The molecule has 3 aromatic rings. The van der Waals surface area contributed by atoms with Gasteiger partial charge in [-0.15, -0.1) is 0 Å². The van der Waals surface area contributed by atoms with Gasteiger partial charge in [0.1, 0.15) is 17.7 Å². The van der Waals surface area contributed by atoms with Crippen LogP contribution >= 0.6 is 0 Å². The van der Waals surface area contributed by atoms with Gasteiger partial charge in [-0.2, -0.15) is 0 Å². The van der Waals surface area contributed by atoms with E-state index in [0.717, 1.165) is 18.4 Å². The van der Waals surface area contributed by atoms with Crippen LogP contribution in [-0.4, -0.2) is 49.2 Å². The lowest BCUT2D eigenvalue weighted by Gasteiger charge is -2.33. The van der Waals surface area contributed by atoms with Crippen molar-refractivity contribution in [2.24, 2.45) is 0 Å². The number of hydrogen-bond acceptors (Lipinski definition) is 6. The Labute approximate surface area is 180 Å². The van der Waals surface area contributed by atoms with Gasteiger partial charge in [-0.1, -0.05) is 6.07 Å². The number of carbonyl (C=O) groups is 1. The minimum absolute atomic E-state index is 0.155. The fourth-order valence-electron chi connectivity index (χ4n) is 3.71. The Hall–Kier alpha value is -3.23. The highest BCUT2D eigenvalue weighted by Gasteiger charge is 2.28. The molecule has 9 heteroatoms. The van der Waals surface area contributed by atoms with Crippen molar-refractivity contribution in [3.8, 4) is 0 Å². The normalized spacial score (nSPS) is 15.3. The lowest BCUT2D eigenvalue weighted by molar-refractivity contribution is 0.0189. The molecule has 0 aliphatic carbocycles. The van der Waals surface area contributed by atoms with Crippen LogP contribution in [-0.2, 0) is 4.74 Å². The van der Waals surface area contributed by atoms with Crippen LogP contribution < -0.4 is 5.32 Å². The highest BCUT2D eigenvalue weighted by molar-refractivity contribution is 5.85. The van der Waals surface area contributed by atoms with Crippen molar-refractivity contribution in [2.45, 2.75) is 52.2 Å². The Morgan fingerprint density at radius 2 is 1.94 bits per heavy atom. The second kappa shape index (κ2) is 8.13. The topological polar surface area (TPSA) is 85.2 Å². The molecule has 0 atom stereocenters. The molecule has 1 aliphatic rings.